The second-order valence-electron chi connectivity index (χ2n) is 6.48. The second-order valence-corrected chi connectivity index (χ2v) is 6.48. The Balaban J connectivity index is 1.70. The van der Waals surface area contributed by atoms with Crippen LogP contribution in [0.3, 0.4) is 0 Å². The van der Waals surface area contributed by atoms with Gasteiger partial charge in [0, 0.05) is 17.8 Å². The van der Waals surface area contributed by atoms with Gasteiger partial charge in [-0.15, -0.1) is 0 Å². The molecule has 0 bridgehead atoms. The van der Waals surface area contributed by atoms with Crippen LogP contribution < -0.4 is 4.74 Å². The van der Waals surface area contributed by atoms with Crippen LogP contribution in [0.5, 0.6) is 5.75 Å². The quantitative estimate of drug-likeness (QED) is 0.848. The summed E-state index contributed by atoms with van der Waals surface area (Å²) in [6, 6.07) is 10.0. The van der Waals surface area contributed by atoms with E-state index < -0.39 is 0 Å². The number of ether oxygens (including phenoxy) is 1. The predicted octanol–water partition coefficient (Wildman–Crippen LogP) is 2.74. The highest BCUT2D eigenvalue weighted by molar-refractivity contribution is 5.80. The molecule has 2 heterocycles. The average Bonchev–Trinajstić information content (AvgIpc) is 3.14. The lowest BCUT2D eigenvalue weighted by molar-refractivity contribution is -0.131. The molecule has 0 radical (unpaired) electrons. The van der Waals surface area contributed by atoms with Crippen LogP contribution in [0.1, 0.15) is 29.8 Å². The molecule has 1 atom stereocenters. The highest BCUT2D eigenvalue weighted by atomic mass is 16.5. The Labute approximate surface area is 143 Å². The van der Waals surface area contributed by atoms with Gasteiger partial charge in [0.2, 0.25) is 5.91 Å². The molecule has 1 aromatic carbocycles. The molecule has 1 aromatic heterocycles. The Kier molecular flexibility index (Phi) is 4.88. The third-order valence-electron chi connectivity index (χ3n) is 4.72. The van der Waals surface area contributed by atoms with Crippen LogP contribution in [0.4, 0.5) is 0 Å². The van der Waals surface area contributed by atoms with Crippen LogP contribution in [-0.2, 0) is 17.8 Å². The molecule has 0 unspecified atom stereocenters. The molecule has 1 aliphatic rings. The standard InChI is InChI=1S/C19H25N3O2/c1-14-11-15(2)22(20-14)13-17-8-6-10-21(17)19(23)12-16-7-4-5-9-18(16)24-3/h4-5,7,9,11,17H,6,8,10,12-13H2,1-3H3/t17-/m0/s1. The van der Waals surface area contributed by atoms with Crippen molar-refractivity contribution in [3.8, 4) is 5.75 Å². The van der Waals surface area contributed by atoms with Crippen LogP contribution in [-0.4, -0.2) is 40.3 Å². The third kappa shape index (κ3) is 3.45. The number of carbonyl (C=O) groups is 1. The summed E-state index contributed by atoms with van der Waals surface area (Å²) in [5, 5.41) is 4.54. The van der Waals surface area contributed by atoms with Crippen LogP contribution in [0.15, 0.2) is 30.3 Å². The molecule has 1 amide bonds. The summed E-state index contributed by atoms with van der Waals surface area (Å²) in [6.07, 6.45) is 2.48. The van der Waals surface area contributed by atoms with Crippen molar-refractivity contribution in [3.05, 3.63) is 47.3 Å². The normalized spacial score (nSPS) is 17.3. The van der Waals surface area contributed by atoms with Crippen LogP contribution >= 0.6 is 0 Å². The fraction of sp³-hybridized carbons (Fsp3) is 0.474. The largest absolute Gasteiger partial charge is 0.496 e. The van der Waals surface area contributed by atoms with Gasteiger partial charge in [-0.05, 0) is 38.8 Å². The number of hydrogen-bond donors (Lipinski definition) is 0. The van der Waals surface area contributed by atoms with Crippen molar-refractivity contribution in [1.29, 1.82) is 0 Å². The lowest BCUT2D eigenvalue weighted by Gasteiger charge is -2.25. The Morgan fingerprint density at radius 1 is 1.33 bits per heavy atom. The summed E-state index contributed by atoms with van der Waals surface area (Å²) < 4.78 is 7.39. The van der Waals surface area contributed by atoms with E-state index in [-0.39, 0.29) is 11.9 Å². The summed E-state index contributed by atoms with van der Waals surface area (Å²) in [5.41, 5.74) is 3.12. The fourth-order valence-electron chi connectivity index (χ4n) is 3.53. The number of amides is 1. The van der Waals surface area contributed by atoms with E-state index in [0.717, 1.165) is 48.6 Å². The van der Waals surface area contributed by atoms with Gasteiger partial charge in [0.05, 0.1) is 31.8 Å². The van der Waals surface area contributed by atoms with Crippen LogP contribution in [0.2, 0.25) is 0 Å². The molecule has 1 aliphatic heterocycles. The zero-order valence-electron chi connectivity index (χ0n) is 14.7. The number of carbonyl (C=O) groups excluding carboxylic acids is 1. The van der Waals surface area contributed by atoms with Gasteiger partial charge in [-0.1, -0.05) is 18.2 Å². The number of aryl methyl sites for hydroxylation is 2. The number of likely N-dealkylation sites (tertiary alicyclic amines) is 1. The van der Waals surface area contributed by atoms with Gasteiger partial charge < -0.3 is 9.64 Å². The van der Waals surface area contributed by atoms with Crippen molar-refractivity contribution in [3.63, 3.8) is 0 Å². The highest BCUT2D eigenvalue weighted by Gasteiger charge is 2.29. The summed E-state index contributed by atoms with van der Waals surface area (Å²) in [5.74, 6) is 0.948. The van der Waals surface area contributed by atoms with E-state index in [1.54, 1.807) is 7.11 Å². The number of aromatic nitrogens is 2. The van der Waals surface area contributed by atoms with Crippen molar-refractivity contribution in [2.45, 2.75) is 45.7 Å². The first-order valence-corrected chi connectivity index (χ1v) is 8.51. The number of hydrogen-bond acceptors (Lipinski definition) is 3. The number of nitrogens with zero attached hydrogens (tertiary/aromatic N) is 3. The van der Waals surface area contributed by atoms with E-state index >= 15 is 0 Å². The zero-order chi connectivity index (χ0) is 17.1. The van der Waals surface area contributed by atoms with Gasteiger partial charge in [0.25, 0.3) is 0 Å². The summed E-state index contributed by atoms with van der Waals surface area (Å²) in [6.45, 7) is 5.67. The van der Waals surface area contributed by atoms with Crippen LogP contribution in [0, 0.1) is 13.8 Å². The molecule has 5 nitrogen and oxygen atoms in total. The smallest absolute Gasteiger partial charge is 0.227 e. The lowest BCUT2D eigenvalue weighted by atomic mass is 10.1. The molecule has 24 heavy (non-hydrogen) atoms. The molecule has 128 valence electrons. The van der Waals surface area contributed by atoms with Crippen molar-refractivity contribution in [2.75, 3.05) is 13.7 Å². The first-order valence-electron chi connectivity index (χ1n) is 8.51. The van der Waals surface area contributed by atoms with E-state index in [0.29, 0.717) is 6.42 Å². The molecule has 1 fully saturated rings. The maximum absolute atomic E-state index is 12.8. The molecule has 2 aromatic rings. The summed E-state index contributed by atoms with van der Waals surface area (Å²) >= 11 is 0. The van der Waals surface area contributed by atoms with E-state index in [4.69, 9.17) is 4.74 Å². The van der Waals surface area contributed by atoms with Crippen LogP contribution in [0.25, 0.3) is 0 Å². The summed E-state index contributed by atoms with van der Waals surface area (Å²) in [7, 11) is 1.64. The Bertz CT molecular complexity index is 723. The predicted molar refractivity (Wildman–Crippen MR) is 93.1 cm³/mol. The van der Waals surface area contributed by atoms with E-state index in [9.17, 15) is 4.79 Å². The first kappa shape index (κ1) is 16.6. The average molecular weight is 327 g/mol. The van der Waals surface area contributed by atoms with Crippen molar-refractivity contribution in [1.82, 2.24) is 14.7 Å². The Morgan fingerprint density at radius 2 is 2.12 bits per heavy atom. The SMILES string of the molecule is COc1ccccc1CC(=O)N1CCC[C@H]1Cn1nc(C)cc1C. The minimum absolute atomic E-state index is 0.170. The first-order chi connectivity index (χ1) is 11.6. The molecule has 0 aliphatic carbocycles. The third-order valence-corrected chi connectivity index (χ3v) is 4.72. The van der Waals surface area contributed by atoms with Gasteiger partial charge in [0.1, 0.15) is 5.75 Å². The minimum Gasteiger partial charge on any atom is -0.496 e. The number of rotatable bonds is 5. The highest BCUT2D eigenvalue weighted by Crippen LogP contribution is 2.23. The van der Waals surface area contributed by atoms with Gasteiger partial charge in [-0.2, -0.15) is 5.10 Å². The number of methoxy groups -OCH3 is 1. The zero-order valence-corrected chi connectivity index (χ0v) is 14.7. The second kappa shape index (κ2) is 7.07. The molecular formula is C19H25N3O2. The fourth-order valence-corrected chi connectivity index (χ4v) is 3.53. The maximum Gasteiger partial charge on any atom is 0.227 e. The topological polar surface area (TPSA) is 47.4 Å². The molecule has 5 heteroatoms. The number of benzene rings is 1. The number of para-hydroxylation sites is 1. The minimum atomic E-state index is 0.170. The van der Waals surface area contributed by atoms with Crippen molar-refractivity contribution >= 4 is 5.91 Å². The van der Waals surface area contributed by atoms with E-state index in [1.165, 1.54) is 0 Å². The van der Waals surface area contributed by atoms with Gasteiger partial charge in [-0.3, -0.25) is 9.48 Å². The molecule has 0 N–H and O–H groups in total. The van der Waals surface area contributed by atoms with Gasteiger partial charge >= 0.3 is 0 Å². The molecular weight excluding hydrogens is 302 g/mol. The molecule has 0 saturated carbocycles. The molecule has 0 spiro atoms. The summed E-state index contributed by atoms with van der Waals surface area (Å²) in [4.78, 5) is 14.8. The van der Waals surface area contributed by atoms with Gasteiger partial charge in [0.15, 0.2) is 0 Å². The lowest BCUT2D eigenvalue weighted by Crippen LogP contribution is -2.39. The van der Waals surface area contributed by atoms with E-state index in [2.05, 4.69) is 18.1 Å². The van der Waals surface area contributed by atoms with Crippen molar-refractivity contribution < 1.29 is 9.53 Å². The maximum atomic E-state index is 12.8. The molecule has 1 saturated heterocycles. The van der Waals surface area contributed by atoms with Crippen molar-refractivity contribution in [2.24, 2.45) is 0 Å². The molecule has 3 rings (SSSR count). The van der Waals surface area contributed by atoms with E-state index in [1.807, 2.05) is 40.8 Å². The monoisotopic (exact) mass is 327 g/mol. The Hall–Kier alpha value is -2.30. The Morgan fingerprint density at radius 3 is 2.83 bits per heavy atom. The van der Waals surface area contributed by atoms with Gasteiger partial charge in [-0.25, -0.2) is 0 Å².